The predicted molar refractivity (Wildman–Crippen MR) is 52.3 cm³/mol. The van der Waals surface area contributed by atoms with E-state index in [1.807, 2.05) is 20.8 Å². The molecule has 1 amide bonds. The Morgan fingerprint density at radius 3 is 2.57 bits per heavy atom. The third-order valence-electron chi connectivity index (χ3n) is 1.43. The molecule has 0 saturated heterocycles. The standard InChI is InChI=1S/C8H12ClN3O2/c1-8(2,3)6-11-12-7(14-6)10-5(13)4-9/h4H2,1-3H3,(H,10,12,13). The van der Waals surface area contributed by atoms with Crippen molar-refractivity contribution in [2.75, 3.05) is 11.2 Å². The Hall–Kier alpha value is -1.10. The summed E-state index contributed by atoms with van der Waals surface area (Å²) in [5.41, 5.74) is -0.225. The number of hydrogen-bond acceptors (Lipinski definition) is 4. The van der Waals surface area contributed by atoms with Gasteiger partial charge in [-0.25, -0.2) is 0 Å². The fourth-order valence-electron chi connectivity index (χ4n) is 0.730. The molecule has 1 N–H and O–H groups in total. The minimum atomic E-state index is -0.365. The smallest absolute Gasteiger partial charge is 0.322 e. The summed E-state index contributed by atoms with van der Waals surface area (Å²) in [6, 6.07) is 0.0839. The lowest BCUT2D eigenvalue weighted by Crippen LogP contribution is -2.13. The van der Waals surface area contributed by atoms with Crippen LogP contribution in [0.5, 0.6) is 0 Å². The minimum absolute atomic E-state index is 0.0839. The molecular formula is C8H12ClN3O2. The summed E-state index contributed by atoms with van der Waals surface area (Å²) in [7, 11) is 0. The zero-order chi connectivity index (χ0) is 10.8. The van der Waals surface area contributed by atoms with Crippen LogP contribution in [0, 0.1) is 0 Å². The minimum Gasteiger partial charge on any atom is -0.407 e. The van der Waals surface area contributed by atoms with Crippen LogP contribution in [0.25, 0.3) is 0 Å². The van der Waals surface area contributed by atoms with Gasteiger partial charge >= 0.3 is 6.01 Å². The van der Waals surface area contributed by atoms with Crippen molar-refractivity contribution in [2.24, 2.45) is 0 Å². The van der Waals surface area contributed by atoms with Gasteiger partial charge in [0.05, 0.1) is 0 Å². The third-order valence-corrected chi connectivity index (χ3v) is 1.68. The average molecular weight is 218 g/mol. The van der Waals surface area contributed by atoms with Crippen LogP contribution in [0.4, 0.5) is 6.01 Å². The number of nitrogens with one attached hydrogen (secondary N) is 1. The van der Waals surface area contributed by atoms with Gasteiger partial charge in [0.2, 0.25) is 11.8 Å². The number of alkyl halides is 1. The van der Waals surface area contributed by atoms with Crippen LogP contribution in [-0.4, -0.2) is 22.0 Å². The van der Waals surface area contributed by atoms with E-state index in [4.69, 9.17) is 16.0 Å². The first kappa shape index (κ1) is 11.0. The van der Waals surface area contributed by atoms with E-state index in [1.54, 1.807) is 0 Å². The first-order valence-electron chi connectivity index (χ1n) is 4.13. The van der Waals surface area contributed by atoms with Crippen LogP contribution < -0.4 is 5.32 Å². The third kappa shape index (κ3) is 2.70. The summed E-state index contributed by atoms with van der Waals surface area (Å²) in [6.45, 7) is 5.81. The maximum absolute atomic E-state index is 10.9. The quantitative estimate of drug-likeness (QED) is 0.764. The van der Waals surface area contributed by atoms with Crippen LogP contribution in [0.1, 0.15) is 26.7 Å². The van der Waals surface area contributed by atoms with Gasteiger partial charge in [0.1, 0.15) is 5.88 Å². The van der Waals surface area contributed by atoms with Gasteiger partial charge < -0.3 is 4.42 Å². The molecule has 0 aromatic carbocycles. The van der Waals surface area contributed by atoms with E-state index >= 15 is 0 Å². The molecule has 0 spiro atoms. The van der Waals surface area contributed by atoms with E-state index in [-0.39, 0.29) is 23.2 Å². The van der Waals surface area contributed by atoms with Crippen molar-refractivity contribution >= 4 is 23.5 Å². The zero-order valence-corrected chi connectivity index (χ0v) is 9.05. The van der Waals surface area contributed by atoms with Crippen molar-refractivity contribution in [1.82, 2.24) is 10.2 Å². The molecule has 0 atom stereocenters. The highest BCUT2D eigenvalue weighted by atomic mass is 35.5. The van der Waals surface area contributed by atoms with Crippen molar-refractivity contribution in [3.8, 4) is 0 Å². The normalized spacial score (nSPS) is 11.4. The van der Waals surface area contributed by atoms with Gasteiger partial charge in [0.25, 0.3) is 0 Å². The summed E-state index contributed by atoms with van der Waals surface area (Å²) in [5, 5.41) is 9.84. The second kappa shape index (κ2) is 3.96. The number of anilines is 1. The SMILES string of the molecule is CC(C)(C)c1nnc(NC(=O)CCl)o1. The van der Waals surface area contributed by atoms with E-state index in [1.165, 1.54) is 0 Å². The number of nitrogens with zero attached hydrogens (tertiary/aromatic N) is 2. The molecule has 5 nitrogen and oxygen atoms in total. The summed E-state index contributed by atoms with van der Waals surface area (Å²) < 4.78 is 5.21. The molecule has 0 fully saturated rings. The highest BCUT2D eigenvalue weighted by molar-refractivity contribution is 6.28. The summed E-state index contributed by atoms with van der Waals surface area (Å²) >= 11 is 5.30. The maximum Gasteiger partial charge on any atom is 0.322 e. The molecule has 0 bridgehead atoms. The molecule has 14 heavy (non-hydrogen) atoms. The van der Waals surface area contributed by atoms with Gasteiger partial charge in [-0.2, -0.15) is 0 Å². The lowest BCUT2D eigenvalue weighted by atomic mass is 9.97. The van der Waals surface area contributed by atoms with E-state index in [0.717, 1.165) is 0 Å². The molecular weight excluding hydrogens is 206 g/mol. The monoisotopic (exact) mass is 217 g/mol. The Bertz CT molecular complexity index is 330. The largest absolute Gasteiger partial charge is 0.407 e. The van der Waals surface area contributed by atoms with Gasteiger partial charge in [0.15, 0.2) is 0 Å². The number of carbonyl (C=O) groups is 1. The Morgan fingerprint density at radius 2 is 2.14 bits per heavy atom. The van der Waals surface area contributed by atoms with Gasteiger partial charge in [-0.3, -0.25) is 10.1 Å². The molecule has 1 heterocycles. The zero-order valence-electron chi connectivity index (χ0n) is 8.30. The molecule has 1 aromatic heterocycles. The average Bonchev–Trinajstić information content (AvgIpc) is 2.51. The molecule has 78 valence electrons. The first-order valence-corrected chi connectivity index (χ1v) is 4.66. The van der Waals surface area contributed by atoms with Crippen molar-refractivity contribution in [1.29, 1.82) is 0 Å². The van der Waals surface area contributed by atoms with Crippen molar-refractivity contribution in [3.63, 3.8) is 0 Å². The number of rotatable bonds is 2. The lowest BCUT2D eigenvalue weighted by Gasteiger charge is -2.10. The summed E-state index contributed by atoms with van der Waals surface area (Å²) in [4.78, 5) is 10.9. The first-order chi connectivity index (χ1) is 6.43. The van der Waals surface area contributed by atoms with Crippen LogP contribution in [0.3, 0.4) is 0 Å². The van der Waals surface area contributed by atoms with E-state index in [9.17, 15) is 4.79 Å². The molecule has 6 heteroatoms. The Morgan fingerprint density at radius 1 is 1.50 bits per heavy atom. The molecule has 0 aliphatic carbocycles. The van der Waals surface area contributed by atoms with Gasteiger partial charge in [0, 0.05) is 5.41 Å². The van der Waals surface area contributed by atoms with Crippen LogP contribution in [0.2, 0.25) is 0 Å². The van der Waals surface area contributed by atoms with Crippen LogP contribution in [0.15, 0.2) is 4.42 Å². The summed E-state index contributed by atoms with van der Waals surface area (Å²) in [6.07, 6.45) is 0. The van der Waals surface area contributed by atoms with Crippen LogP contribution >= 0.6 is 11.6 Å². The highest BCUT2D eigenvalue weighted by Crippen LogP contribution is 2.21. The Labute approximate surface area is 86.8 Å². The number of amides is 1. The topological polar surface area (TPSA) is 68.0 Å². The molecule has 0 radical (unpaired) electrons. The molecule has 0 aliphatic heterocycles. The van der Waals surface area contributed by atoms with E-state index < -0.39 is 0 Å². The fraction of sp³-hybridized carbons (Fsp3) is 0.625. The molecule has 0 saturated carbocycles. The second-order valence-electron chi connectivity index (χ2n) is 3.84. The van der Waals surface area contributed by atoms with Crippen molar-refractivity contribution in [3.05, 3.63) is 5.89 Å². The van der Waals surface area contributed by atoms with E-state index in [0.29, 0.717) is 5.89 Å². The predicted octanol–water partition coefficient (Wildman–Crippen LogP) is 1.54. The maximum atomic E-state index is 10.9. The van der Waals surface area contributed by atoms with E-state index in [2.05, 4.69) is 15.5 Å². The molecule has 1 aromatic rings. The van der Waals surface area contributed by atoms with Crippen molar-refractivity contribution < 1.29 is 9.21 Å². The fourth-order valence-corrected chi connectivity index (χ4v) is 0.796. The van der Waals surface area contributed by atoms with Gasteiger partial charge in [-0.05, 0) is 0 Å². The number of aromatic nitrogens is 2. The van der Waals surface area contributed by atoms with Gasteiger partial charge in [-0.15, -0.1) is 16.7 Å². The summed E-state index contributed by atoms with van der Waals surface area (Å²) in [5.74, 6) is -0.0223. The van der Waals surface area contributed by atoms with Crippen LogP contribution in [-0.2, 0) is 10.2 Å². The number of halogens is 1. The Balaban J connectivity index is 2.74. The number of carbonyl (C=O) groups excluding carboxylic acids is 1. The molecule has 0 unspecified atom stereocenters. The molecule has 0 aliphatic rings. The second-order valence-corrected chi connectivity index (χ2v) is 4.11. The number of hydrogen-bond donors (Lipinski definition) is 1. The highest BCUT2D eigenvalue weighted by Gasteiger charge is 2.21. The van der Waals surface area contributed by atoms with Gasteiger partial charge in [-0.1, -0.05) is 25.9 Å². The Kier molecular flexibility index (Phi) is 3.10. The van der Waals surface area contributed by atoms with Crippen molar-refractivity contribution in [2.45, 2.75) is 26.2 Å². The molecule has 1 rings (SSSR count). The lowest BCUT2D eigenvalue weighted by molar-refractivity contribution is -0.114.